The Morgan fingerprint density at radius 3 is 1.93 bits per heavy atom. The second kappa shape index (κ2) is 11.4. The number of carbonyl (C=O) groups excluding carboxylic acids is 4. The molecule has 0 aliphatic carbocycles. The zero-order chi connectivity index (χ0) is 21.9. The van der Waals surface area contributed by atoms with Gasteiger partial charge in [0.05, 0.1) is 7.11 Å². The number of esters is 1. The molecule has 0 aliphatic rings. The highest BCUT2D eigenvalue weighted by atomic mass is 16.5. The lowest BCUT2D eigenvalue weighted by Gasteiger charge is -2.08. The number of methoxy groups -OCH3 is 1. The Labute approximate surface area is 174 Å². The van der Waals surface area contributed by atoms with Crippen LogP contribution in [0.3, 0.4) is 0 Å². The van der Waals surface area contributed by atoms with Gasteiger partial charge in [-0.1, -0.05) is 0 Å². The number of Topliss-reactive ketones (excluding diaryl/α,β-unsaturated/α-hetero) is 1. The number of ether oxygens (including phenoxy) is 2. The van der Waals surface area contributed by atoms with E-state index < -0.39 is 18.5 Å². The summed E-state index contributed by atoms with van der Waals surface area (Å²) in [5, 5.41) is 5.30. The quantitative estimate of drug-likeness (QED) is 0.458. The van der Waals surface area contributed by atoms with Crippen LogP contribution in [0.2, 0.25) is 0 Å². The highest BCUT2D eigenvalue weighted by molar-refractivity contribution is 5.96. The molecule has 8 heteroatoms. The van der Waals surface area contributed by atoms with Gasteiger partial charge in [0.1, 0.15) is 5.75 Å². The van der Waals surface area contributed by atoms with Crippen LogP contribution in [0.1, 0.15) is 36.5 Å². The molecule has 2 N–H and O–H groups in total. The number of rotatable bonds is 10. The van der Waals surface area contributed by atoms with E-state index in [4.69, 9.17) is 9.47 Å². The van der Waals surface area contributed by atoms with Crippen LogP contribution in [0.15, 0.2) is 48.5 Å². The van der Waals surface area contributed by atoms with Gasteiger partial charge in [-0.05, 0) is 61.9 Å². The van der Waals surface area contributed by atoms with Crippen LogP contribution in [0.4, 0.5) is 11.4 Å². The Morgan fingerprint density at radius 2 is 1.37 bits per heavy atom. The maximum Gasteiger partial charge on any atom is 0.306 e. The van der Waals surface area contributed by atoms with Crippen molar-refractivity contribution in [3.8, 4) is 5.75 Å². The molecule has 2 aromatic rings. The third-order valence-corrected chi connectivity index (χ3v) is 4.10. The standard InChI is InChI=1S/C22H24N2O6/c1-15(25)16-6-8-17(9-7-16)23-20(26)4-3-5-22(28)30-14-21(27)24-18-10-12-19(29-2)13-11-18/h6-13H,3-5,14H2,1-2H3,(H,23,26)(H,24,27). The van der Waals surface area contributed by atoms with Crippen molar-refractivity contribution in [2.24, 2.45) is 0 Å². The molecule has 158 valence electrons. The first-order valence-electron chi connectivity index (χ1n) is 9.38. The Bertz CT molecular complexity index is 891. The first-order valence-corrected chi connectivity index (χ1v) is 9.38. The van der Waals surface area contributed by atoms with E-state index in [-0.39, 0.29) is 31.0 Å². The van der Waals surface area contributed by atoms with Gasteiger partial charge in [-0.3, -0.25) is 19.2 Å². The largest absolute Gasteiger partial charge is 0.497 e. The summed E-state index contributed by atoms with van der Waals surface area (Å²) < 4.78 is 9.95. The number of nitrogens with one attached hydrogen (secondary N) is 2. The minimum absolute atomic E-state index is 0.0203. The zero-order valence-corrected chi connectivity index (χ0v) is 16.9. The van der Waals surface area contributed by atoms with Crippen molar-refractivity contribution in [3.63, 3.8) is 0 Å². The molecule has 0 saturated carbocycles. The minimum Gasteiger partial charge on any atom is -0.497 e. The summed E-state index contributed by atoms with van der Waals surface area (Å²) in [5.41, 5.74) is 1.69. The van der Waals surface area contributed by atoms with Crippen LogP contribution in [-0.2, 0) is 19.1 Å². The van der Waals surface area contributed by atoms with Crippen molar-refractivity contribution in [2.45, 2.75) is 26.2 Å². The number of carbonyl (C=O) groups is 4. The molecule has 0 atom stereocenters. The lowest BCUT2D eigenvalue weighted by atomic mass is 10.1. The van der Waals surface area contributed by atoms with Crippen molar-refractivity contribution in [3.05, 3.63) is 54.1 Å². The SMILES string of the molecule is COc1ccc(NC(=O)COC(=O)CCCC(=O)Nc2ccc(C(C)=O)cc2)cc1. The van der Waals surface area contributed by atoms with Crippen LogP contribution in [0, 0.1) is 0 Å². The van der Waals surface area contributed by atoms with E-state index in [1.54, 1.807) is 55.6 Å². The fourth-order valence-corrected chi connectivity index (χ4v) is 2.49. The molecule has 2 amide bonds. The fourth-order valence-electron chi connectivity index (χ4n) is 2.49. The summed E-state index contributed by atoms with van der Waals surface area (Å²) in [6.07, 6.45) is 0.435. The van der Waals surface area contributed by atoms with E-state index in [2.05, 4.69) is 10.6 Å². The van der Waals surface area contributed by atoms with Gasteiger partial charge in [0.15, 0.2) is 12.4 Å². The van der Waals surface area contributed by atoms with Crippen molar-refractivity contribution < 1.29 is 28.7 Å². The summed E-state index contributed by atoms with van der Waals surface area (Å²) in [7, 11) is 1.55. The molecule has 0 radical (unpaired) electrons. The lowest BCUT2D eigenvalue weighted by molar-refractivity contribution is -0.147. The Morgan fingerprint density at radius 1 is 0.800 bits per heavy atom. The van der Waals surface area contributed by atoms with Gasteiger partial charge in [-0.2, -0.15) is 0 Å². The summed E-state index contributed by atoms with van der Waals surface area (Å²) >= 11 is 0. The molecule has 0 spiro atoms. The molecule has 0 unspecified atom stereocenters. The number of amides is 2. The second-order valence-corrected chi connectivity index (χ2v) is 6.47. The van der Waals surface area contributed by atoms with Gasteiger partial charge in [0.25, 0.3) is 5.91 Å². The van der Waals surface area contributed by atoms with E-state index in [0.717, 1.165) is 0 Å². The summed E-state index contributed by atoms with van der Waals surface area (Å²) in [6, 6.07) is 13.3. The predicted molar refractivity (Wildman–Crippen MR) is 112 cm³/mol. The normalized spacial score (nSPS) is 10.1. The first kappa shape index (κ1) is 22.6. The van der Waals surface area contributed by atoms with Crippen molar-refractivity contribution >= 4 is 34.9 Å². The van der Waals surface area contributed by atoms with E-state index in [1.807, 2.05) is 0 Å². The molecule has 30 heavy (non-hydrogen) atoms. The van der Waals surface area contributed by atoms with Crippen LogP contribution in [0.25, 0.3) is 0 Å². The Balaban J connectivity index is 1.63. The lowest BCUT2D eigenvalue weighted by Crippen LogP contribution is -2.21. The summed E-state index contributed by atoms with van der Waals surface area (Å²) in [4.78, 5) is 46.7. The number of benzene rings is 2. The third kappa shape index (κ3) is 7.75. The van der Waals surface area contributed by atoms with Crippen LogP contribution >= 0.6 is 0 Å². The zero-order valence-electron chi connectivity index (χ0n) is 16.9. The topological polar surface area (TPSA) is 111 Å². The van der Waals surface area contributed by atoms with Gasteiger partial charge in [0.2, 0.25) is 5.91 Å². The van der Waals surface area contributed by atoms with Crippen molar-refractivity contribution in [2.75, 3.05) is 24.4 Å². The van der Waals surface area contributed by atoms with Gasteiger partial charge >= 0.3 is 5.97 Å². The summed E-state index contributed by atoms with van der Waals surface area (Å²) in [5.74, 6) is -0.657. The smallest absolute Gasteiger partial charge is 0.306 e. The number of ketones is 1. The van der Waals surface area contributed by atoms with Gasteiger partial charge in [0, 0.05) is 29.8 Å². The molecule has 0 heterocycles. The molecule has 2 rings (SSSR count). The van der Waals surface area contributed by atoms with Crippen LogP contribution in [-0.4, -0.2) is 37.3 Å². The average molecular weight is 412 g/mol. The molecule has 2 aromatic carbocycles. The van der Waals surface area contributed by atoms with Crippen molar-refractivity contribution in [1.82, 2.24) is 0 Å². The van der Waals surface area contributed by atoms with E-state index in [0.29, 0.717) is 22.7 Å². The molecule has 8 nitrogen and oxygen atoms in total. The number of hydrogen-bond acceptors (Lipinski definition) is 6. The maximum atomic E-state index is 11.9. The van der Waals surface area contributed by atoms with Crippen molar-refractivity contribution in [1.29, 1.82) is 0 Å². The highest BCUT2D eigenvalue weighted by Gasteiger charge is 2.10. The first-order chi connectivity index (χ1) is 14.4. The Kier molecular flexibility index (Phi) is 8.56. The molecule has 0 fully saturated rings. The monoisotopic (exact) mass is 412 g/mol. The maximum absolute atomic E-state index is 11.9. The van der Waals surface area contributed by atoms with Crippen LogP contribution in [0.5, 0.6) is 5.75 Å². The molecular weight excluding hydrogens is 388 g/mol. The molecule has 0 saturated heterocycles. The fraction of sp³-hybridized carbons (Fsp3) is 0.273. The van der Waals surface area contributed by atoms with E-state index in [9.17, 15) is 19.2 Å². The van der Waals surface area contributed by atoms with Gasteiger partial charge in [-0.25, -0.2) is 0 Å². The Hall–Kier alpha value is -3.68. The third-order valence-electron chi connectivity index (χ3n) is 4.10. The van der Waals surface area contributed by atoms with Crippen LogP contribution < -0.4 is 15.4 Å². The molecule has 0 bridgehead atoms. The van der Waals surface area contributed by atoms with Gasteiger partial charge < -0.3 is 20.1 Å². The van der Waals surface area contributed by atoms with Gasteiger partial charge in [-0.15, -0.1) is 0 Å². The summed E-state index contributed by atoms with van der Waals surface area (Å²) in [6.45, 7) is 1.06. The molecule has 0 aliphatic heterocycles. The van der Waals surface area contributed by atoms with E-state index in [1.165, 1.54) is 6.92 Å². The number of hydrogen-bond donors (Lipinski definition) is 2. The minimum atomic E-state index is -0.557. The highest BCUT2D eigenvalue weighted by Crippen LogP contribution is 2.15. The molecule has 0 aromatic heterocycles. The molecular formula is C22H24N2O6. The predicted octanol–water partition coefficient (Wildman–Crippen LogP) is 3.19. The average Bonchev–Trinajstić information content (AvgIpc) is 2.73. The number of anilines is 2. The van der Waals surface area contributed by atoms with E-state index >= 15 is 0 Å². The second-order valence-electron chi connectivity index (χ2n) is 6.47.